The lowest BCUT2D eigenvalue weighted by Crippen LogP contribution is -2.12. The van der Waals surface area contributed by atoms with Gasteiger partial charge in [-0.15, -0.1) is 0 Å². The molecular formula is C15H15N3O. The number of benzene rings is 1. The van der Waals surface area contributed by atoms with E-state index in [1.165, 1.54) is 12.4 Å². The predicted molar refractivity (Wildman–Crippen MR) is 72.0 cm³/mol. The van der Waals surface area contributed by atoms with Gasteiger partial charge in [-0.3, -0.25) is 0 Å². The van der Waals surface area contributed by atoms with E-state index in [4.69, 9.17) is 10.00 Å². The van der Waals surface area contributed by atoms with E-state index >= 15 is 0 Å². The summed E-state index contributed by atoms with van der Waals surface area (Å²) in [5.41, 5.74) is 1.36. The Balaban J connectivity index is 2.31. The van der Waals surface area contributed by atoms with Gasteiger partial charge in [0.2, 0.25) is 5.88 Å². The first-order chi connectivity index (χ1) is 9.00. The van der Waals surface area contributed by atoms with Crippen LogP contribution in [0.1, 0.15) is 32.0 Å². The summed E-state index contributed by atoms with van der Waals surface area (Å²) in [5.74, 6) is 1.14. The van der Waals surface area contributed by atoms with Gasteiger partial charge in [-0.2, -0.15) is 5.26 Å². The first kappa shape index (κ1) is 13.0. The summed E-state index contributed by atoms with van der Waals surface area (Å²) < 4.78 is 5.75. The van der Waals surface area contributed by atoms with E-state index in [0.717, 1.165) is 11.3 Å². The van der Waals surface area contributed by atoms with Crippen molar-refractivity contribution in [3.8, 4) is 17.7 Å². The van der Waals surface area contributed by atoms with Gasteiger partial charge in [-0.05, 0) is 11.5 Å². The fourth-order valence-electron chi connectivity index (χ4n) is 1.71. The van der Waals surface area contributed by atoms with Gasteiger partial charge in [0.1, 0.15) is 11.8 Å². The van der Waals surface area contributed by atoms with Crippen LogP contribution >= 0.6 is 0 Å². The molecule has 0 aliphatic carbocycles. The number of nitriles is 1. The Morgan fingerprint density at radius 2 is 1.84 bits per heavy atom. The van der Waals surface area contributed by atoms with Gasteiger partial charge in [0.25, 0.3) is 0 Å². The molecule has 2 rings (SSSR count). The van der Waals surface area contributed by atoms with E-state index in [9.17, 15) is 0 Å². The maximum atomic E-state index is 8.68. The minimum atomic E-state index is -0.0172. The number of rotatable bonds is 2. The van der Waals surface area contributed by atoms with Crippen LogP contribution in [0.25, 0.3) is 0 Å². The van der Waals surface area contributed by atoms with Crippen LogP contribution in [0, 0.1) is 11.3 Å². The van der Waals surface area contributed by atoms with Gasteiger partial charge in [-0.25, -0.2) is 9.97 Å². The van der Waals surface area contributed by atoms with Crippen molar-refractivity contribution in [1.29, 1.82) is 5.26 Å². The van der Waals surface area contributed by atoms with Gasteiger partial charge in [0, 0.05) is 5.56 Å². The highest BCUT2D eigenvalue weighted by molar-refractivity contribution is 5.40. The Hall–Kier alpha value is -2.41. The quantitative estimate of drug-likeness (QED) is 0.822. The van der Waals surface area contributed by atoms with E-state index in [-0.39, 0.29) is 11.1 Å². The molecule has 0 atom stereocenters. The smallest absolute Gasteiger partial charge is 0.237 e. The summed E-state index contributed by atoms with van der Waals surface area (Å²) in [6, 6.07) is 9.76. The molecule has 4 nitrogen and oxygen atoms in total. The Bertz CT molecular complexity index is 607. The van der Waals surface area contributed by atoms with Gasteiger partial charge < -0.3 is 4.74 Å². The minimum Gasteiger partial charge on any atom is -0.437 e. The number of nitrogens with zero attached hydrogens (tertiary/aromatic N) is 3. The van der Waals surface area contributed by atoms with Crippen molar-refractivity contribution in [2.45, 2.75) is 26.2 Å². The van der Waals surface area contributed by atoms with Crippen molar-refractivity contribution in [3.05, 3.63) is 47.9 Å². The maximum Gasteiger partial charge on any atom is 0.237 e. The van der Waals surface area contributed by atoms with E-state index in [1.54, 1.807) is 0 Å². The van der Waals surface area contributed by atoms with Gasteiger partial charge in [-0.1, -0.05) is 39.0 Å². The van der Waals surface area contributed by atoms with Crippen molar-refractivity contribution < 1.29 is 4.74 Å². The highest BCUT2D eigenvalue weighted by atomic mass is 16.5. The molecule has 0 spiro atoms. The molecule has 96 valence electrons. The summed E-state index contributed by atoms with van der Waals surface area (Å²) in [6.07, 6.45) is 2.85. The lowest BCUT2D eigenvalue weighted by molar-refractivity contribution is 0.437. The van der Waals surface area contributed by atoms with Crippen LogP contribution in [0.5, 0.6) is 11.6 Å². The SMILES string of the molecule is CC(C)(C)c1ccccc1Oc1cnc(C#N)cn1. The number of ether oxygens (including phenoxy) is 1. The van der Waals surface area contributed by atoms with Crippen LogP contribution in [0.2, 0.25) is 0 Å². The number of para-hydroxylation sites is 1. The molecule has 0 aliphatic rings. The van der Waals surface area contributed by atoms with Gasteiger partial charge >= 0.3 is 0 Å². The molecule has 0 N–H and O–H groups in total. The topological polar surface area (TPSA) is 58.8 Å². The highest BCUT2D eigenvalue weighted by Crippen LogP contribution is 2.33. The van der Waals surface area contributed by atoms with E-state index < -0.39 is 0 Å². The molecule has 4 heteroatoms. The molecule has 1 aromatic heterocycles. The average Bonchev–Trinajstić information content (AvgIpc) is 2.39. The van der Waals surface area contributed by atoms with Crippen molar-refractivity contribution >= 4 is 0 Å². The second kappa shape index (κ2) is 5.07. The molecule has 1 heterocycles. The second-order valence-electron chi connectivity index (χ2n) is 5.20. The molecule has 1 aromatic carbocycles. The first-order valence-corrected chi connectivity index (χ1v) is 6.00. The molecule has 0 amide bonds. The molecule has 0 aliphatic heterocycles. The van der Waals surface area contributed by atoms with Crippen LogP contribution in [-0.4, -0.2) is 9.97 Å². The summed E-state index contributed by atoms with van der Waals surface area (Å²) in [7, 11) is 0. The van der Waals surface area contributed by atoms with E-state index in [0.29, 0.717) is 5.88 Å². The monoisotopic (exact) mass is 253 g/mol. The fourth-order valence-corrected chi connectivity index (χ4v) is 1.71. The summed E-state index contributed by atoms with van der Waals surface area (Å²) in [4.78, 5) is 8.00. The molecule has 2 aromatic rings. The molecule has 0 bridgehead atoms. The van der Waals surface area contributed by atoms with Crippen LogP contribution < -0.4 is 4.74 Å². The lowest BCUT2D eigenvalue weighted by Gasteiger charge is -2.22. The minimum absolute atomic E-state index is 0.0172. The van der Waals surface area contributed by atoms with Gasteiger partial charge in [0.15, 0.2) is 5.69 Å². The Kier molecular flexibility index (Phi) is 3.48. The summed E-state index contributed by atoms with van der Waals surface area (Å²) in [6.45, 7) is 6.37. The lowest BCUT2D eigenvalue weighted by atomic mass is 9.86. The van der Waals surface area contributed by atoms with Crippen LogP contribution in [0.3, 0.4) is 0 Å². The molecule has 0 fully saturated rings. The standard InChI is InChI=1S/C15H15N3O/c1-15(2,3)12-6-4-5-7-13(12)19-14-10-17-11(8-16)9-18-14/h4-7,9-10H,1-3H3. The Morgan fingerprint density at radius 1 is 1.11 bits per heavy atom. The number of hydrogen-bond donors (Lipinski definition) is 0. The van der Waals surface area contributed by atoms with Crippen LogP contribution in [0.4, 0.5) is 0 Å². The third kappa shape index (κ3) is 3.08. The third-order valence-corrected chi connectivity index (χ3v) is 2.65. The van der Waals surface area contributed by atoms with Crippen LogP contribution in [-0.2, 0) is 5.41 Å². The Morgan fingerprint density at radius 3 is 2.42 bits per heavy atom. The third-order valence-electron chi connectivity index (χ3n) is 2.65. The zero-order chi connectivity index (χ0) is 13.9. The molecule has 0 saturated carbocycles. The summed E-state index contributed by atoms with van der Waals surface area (Å²) >= 11 is 0. The largest absolute Gasteiger partial charge is 0.437 e. The summed E-state index contributed by atoms with van der Waals surface area (Å²) in [5, 5.41) is 8.68. The number of aromatic nitrogens is 2. The normalized spacial score (nSPS) is 10.8. The molecule has 19 heavy (non-hydrogen) atoms. The zero-order valence-electron chi connectivity index (χ0n) is 11.2. The zero-order valence-corrected chi connectivity index (χ0v) is 11.2. The molecule has 0 unspecified atom stereocenters. The van der Waals surface area contributed by atoms with Crippen molar-refractivity contribution in [2.75, 3.05) is 0 Å². The van der Waals surface area contributed by atoms with Crippen molar-refractivity contribution in [2.24, 2.45) is 0 Å². The fraction of sp³-hybridized carbons (Fsp3) is 0.267. The maximum absolute atomic E-state index is 8.68. The molecular weight excluding hydrogens is 238 g/mol. The van der Waals surface area contributed by atoms with Crippen LogP contribution in [0.15, 0.2) is 36.7 Å². The average molecular weight is 253 g/mol. The first-order valence-electron chi connectivity index (χ1n) is 6.00. The predicted octanol–water partition coefficient (Wildman–Crippen LogP) is 3.44. The van der Waals surface area contributed by atoms with E-state index in [2.05, 4.69) is 30.7 Å². The highest BCUT2D eigenvalue weighted by Gasteiger charge is 2.18. The van der Waals surface area contributed by atoms with Crippen molar-refractivity contribution in [1.82, 2.24) is 9.97 Å². The van der Waals surface area contributed by atoms with Crippen molar-refractivity contribution in [3.63, 3.8) is 0 Å². The second-order valence-corrected chi connectivity index (χ2v) is 5.20. The van der Waals surface area contributed by atoms with E-state index in [1.807, 2.05) is 30.3 Å². The van der Waals surface area contributed by atoms with Gasteiger partial charge in [0.05, 0.1) is 12.4 Å². The number of hydrogen-bond acceptors (Lipinski definition) is 4. The Labute approximate surface area is 112 Å². The molecule has 0 radical (unpaired) electrons. The molecule has 0 saturated heterocycles.